The molecule has 0 fully saturated rings. The number of nitrogens with zero attached hydrogens (tertiary/aromatic N) is 3. The van der Waals surface area contributed by atoms with E-state index in [2.05, 4.69) is 24.0 Å². The number of ether oxygens (including phenoxy) is 1. The minimum Gasteiger partial charge on any atom is -0.481 e. The molecule has 0 radical (unpaired) electrons. The molecule has 2 aromatic carbocycles. The molecule has 0 saturated heterocycles. The van der Waals surface area contributed by atoms with Crippen molar-refractivity contribution in [1.29, 1.82) is 0 Å². The Hall–Kier alpha value is -2.86. The van der Waals surface area contributed by atoms with Gasteiger partial charge in [-0.2, -0.15) is 4.98 Å². The van der Waals surface area contributed by atoms with Gasteiger partial charge in [0, 0.05) is 17.6 Å². The van der Waals surface area contributed by atoms with Crippen LogP contribution in [0.15, 0.2) is 53.1 Å². The second kappa shape index (κ2) is 9.09. The predicted molar refractivity (Wildman–Crippen MR) is 112 cm³/mol. The van der Waals surface area contributed by atoms with Gasteiger partial charge in [0.2, 0.25) is 11.7 Å². The van der Waals surface area contributed by atoms with Gasteiger partial charge in [0.15, 0.2) is 6.10 Å². The number of hydrogen-bond donors (Lipinski definition) is 0. The van der Waals surface area contributed by atoms with Crippen molar-refractivity contribution in [3.8, 4) is 17.1 Å². The zero-order valence-corrected chi connectivity index (χ0v) is 17.7. The van der Waals surface area contributed by atoms with E-state index in [-0.39, 0.29) is 12.5 Å². The summed E-state index contributed by atoms with van der Waals surface area (Å²) < 4.78 is 11.2. The third-order valence-electron chi connectivity index (χ3n) is 4.51. The molecule has 0 saturated carbocycles. The number of likely N-dealkylation sites (N-methyl/N-ethyl adjacent to an activating group) is 1. The highest BCUT2D eigenvalue weighted by atomic mass is 35.5. The van der Waals surface area contributed by atoms with Crippen molar-refractivity contribution in [2.45, 2.75) is 39.3 Å². The van der Waals surface area contributed by atoms with Crippen molar-refractivity contribution in [3.63, 3.8) is 0 Å². The fraction of sp³-hybridized carbons (Fsp3) is 0.318. The van der Waals surface area contributed by atoms with Gasteiger partial charge in [0.25, 0.3) is 5.91 Å². The minimum atomic E-state index is -0.640. The summed E-state index contributed by atoms with van der Waals surface area (Å²) in [5.74, 6) is 1.65. The molecule has 0 aliphatic heterocycles. The van der Waals surface area contributed by atoms with Crippen molar-refractivity contribution in [1.82, 2.24) is 15.0 Å². The first kappa shape index (κ1) is 20.9. The number of aromatic nitrogens is 2. The number of benzene rings is 2. The van der Waals surface area contributed by atoms with E-state index in [0.29, 0.717) is 22.7 Å². The Balaban J connectivity index is 1.64. The van der Waals surface area contributed by atoms with Crippen LogP contribution >= 0.6 is 11.6 Å². The lowest BCUT2D eigenvalue weighted by Gasteiger charge is -2.22. The monoisotopic (exact) mass is 413 g/mol. The van der Waals surface area contributed by atoms with Gasteiger partial charge < -0.3 is 14.2 Å². The highest BCUT2D eigenvalue weighted by Gasteiger charge is 2.22. The second-order valence-electron chi connectivity index (χ2n) is 7.17. The maximum atomic E-state index is 12.7. The van der Waals surface area contributed by atoms with Crippen molar-refractivity contribution in [2.24, 2.45) is 0 Å². The minimum absolute atomic E-state index is 0.171. The summed E-state index contributed by atoms with van der Waals surface area (Å²) in [7, 11) is 1.68. The maximum Gasteiger partial charge on any atom is 0.263 e. The number of amides is 1. The lowest BCUT2D eigenvalue weighted by molar-refractivity contribution is -0.137. The highest BCUT2D eigenvalue weighted by Crippen LogP contribution is 2.27. The van der Waals surface area contributed by atoms with Gasteiger partial charge in [-0.25, -0.2) is 0 Å². The molecule has 0 N–H and O–H groups in total. The first-order valence-corrected chi connectivity index (χ1v) is 9.82. The van der Waals surface area contributed by atoms with E-state index in [0.717, 1.165) is 16.9 Å². The van der Waals surface area contributed by atoms with E-state index in [4.69, 9.17) is 20.9 Å². The molecule has 0 spiro atoms. The van der Waals surface area contributed by atoms with Crippen LogP contribution in [0.25, 0.3) is 11.4 Å². The van der Waals surface area contributed by atoms with Gasteiger partial charge in [-0.3, -0.25) is 4.79 Å². The summed E-state index contributed by atoms with van der Waals surface area (Å²) >= 11 is 5.90. The van der Waals surface area contributed by atoms with E-state index in [9.17, 15) is 4.79 Å². The third kappa shape index (κ3) is 5.15. The predicted octanol–water partition coefficient (Wildman–Crippen LogP) is 4.94. The molecular formula is C22H24ClN3O3. The first-order chi connectivity index (χ1) is 13.8. The summed E-state index contributed by atoms with van der Waals surface area (Å²) in [4.78, 5) is 18.6. The Kier molecular flexibility index (Phi) is 6.54. The van der Waals surface area contributed by atoms with Crippen LogP contribution in [0.2, 0.25) is 5.02 Å². The fourth-order valence-electron chi connectivity index (χ4n) is 2.93. The van der Waals surface area contributed by atoms with Gasteiger partial charge in [-0.15, -0.1) is 0 Å². The molecule has 1 aromatic heterocycles. The number of carbonyl (C=O) groups excluding carboxylic acids is 1. The van der Waals surface area contributed by atoms with Crippen LogP contribution in [-0.4, -0.2) is 34.1 Å². The SMILES string of the molecule is CC(C)c1ccccc1O[C@H](C)C(=O)N(C)Cc1nc(-c2ccc(Cl)cc2)no1. The van der Waals surface area contributed by atoms with Gasteiger partial charge in [0.05, 0.1) is 6.54 Å². The molecule has 1 heterocycles. The molecule has 29 heavy (non-hydrogen) atoms. The van der Waals surface area contributed by atoms with Crippen LogP contribution in [-0.2, 0) is 11.3 Å². The van der Waals surface area contributed by atoms with Crippen LogP contribution in [0.4, 0.5) is 0 Å². The van der Waals surface area contributed by atoms with E-state index in [1.807, 2.05) is 36.4 Å². The summed E-state index contributed by atoms with van der Waals surface area (Å²) in [6, 6.07) is 14.9. The van der Waals surface area contributed by atoms with Crippen LogP contribution < -0.4 is 4.74 Å². The van der Waals surface area contributed by atoms with E-state index >= 15 is 0 Å². The molecule has 0 aliphatic rings. The normalized spacial score (nSPS) is 12.1. The second-order valence-corrected chi connectivity index (χ2v) is 7.60. The Morgan fingerprint density at radius 1 is 1.14 bits per heavy atom. The number of rotatable bonds is 7. The fourth-order valence-corrected chi connectivity index (χ4v) is 3.06. The van der Waals surface area contributed by atoms with Gasteiger partial charge in [-0.1, -0.05) is 48.8 Å². The molecule has 1 amide bonds. The van der Waals surface area contributed by atoms with Crippen molar-refractivity contribution in [2.75, 3.05) is 7.05 Å². The van der Waals surface area contributed by atoms with Gasteiger partial charge in [-0.05, 0) is 48.7 Å². The van der Waals surface area contributed by atoms with Gasteiger partial charge >= 0.3 is 0 Å². The zero-order chi connectivity index (χ0) is 21.0. The largest absolute Gasteiger partial charge is 0.481 e. The molecule has 3 rings (SSSR count). The Morgan fingerprint density at radius 2 is 1.83 bits per heavy atom. The summed E-state index contributed by atoms with van der Waals surface area (Å²) in [5, 5.41) is 4.61. The van der Waals surface area contributed by atoms with Crippen LogP contribution in [0.3, 0.4) is 0 Å². The number of carbonyl (C=O) groups is 1. The van der Waals surface area contributed by atoms with Gasteiger partial charge in [0.1, 0.15) is 5.75 Å². The summed E-state index contributed by atoms with van der Waals surface area (Å²) in [5.41, 5.74) is 1.86. The summed E-state index contributed by atoms with van der Waals surface area (Å²) in [6.07, 6.45) is -0.640. The number of hydrogen-bond acceptors (Lipinski definition) is 5. The molecule has 0 unspecified atom stereocenters. The molecule has 7 heteroatoms. The van der Waals surface area contributed by atoms with E-state index in [1.165, 1.54) is 4.90 Å². The molecule has 3 aromatic rings. The zero-order valence-electron chi connectivity index (χ0n) is 16.9. The Morgan fingerprint density at radius 3 is 2.52 bits per heavy atom. The average Bonchev–Trinajstić information content (AvgIpc) is 3.16. The Labute approximate surface area is 175 Å². The molecule has 6 nitrogen and oxygen atoms in total. The highest BCUT2D eigenvalue weighted by molar-refractivity contribution is 6.30. The lowest BCUT2D eigenvalue weighted by Crippen LogP contribution is -2.37. The third-order valence-corrected chi connectivity index (χ3v) is 4.76. The molecule has 152 valence electrons. The van der Waals surface area contributed by atoms with E-state index < -0.39 is 6.10 Å². The van der Waals surface area contributed by atoms with Crippen molar-refractivity contribution in [3.05, 3.63) is 65.0 Å². The number of halogens is 1. The molecule has 0 aliphatic carbocycles. The molecular weight excluding hydrogens is 390 g/mol. The number of para-hydroxylation sites is 1. The summed E-state index contributed by atoms with van der Waals surface area (Å²) in [6.45, 7) is 6.12. The Bertz CT molecular complexity index is 969. The molecule has 1 atom stereocenters. The topological polar surface area (TPSA) is 68.5 Å². The van der Waals surface area contributed by atoms with E-state index in [1.54, 1.807) is 26.1 Å². The van der Waals surface area contributed by atoms with Crippen molar-refractivity contribution < 1.29 is 14.1 Å². The smallest absolute Gasteiger partial charge is 0.263 e. The van der Waals surface area contributed by atoms with Crippen LogP contribution in [0, 0.1) is 0 Å². The standard InChI is InChI=1S/C22H24ClN3O3/c1-14(2)18-7-5-6-8-19(18)28-15(3)22(27)26(4)13-20-24-21(25-29-20)16-9-11-17(23)12-10-16/h5-12,14-15H,13H2,1-4H3/t15-/m1/s1. The first-order valence-electron chi connectivity index (χ1n) is 9.44. The molecule has 0 bridgehead atoms. The maximum absolute atomic E-state index is 12.7. The average molecular weight is 414 g/mol. The lowest BCUT2D eigenvalue weighted by atomic mass is 10.0. The van der Waals surface area contributed by atoms with Crippen LogP contribution in [0.1, 0.15) is 38.1 Å². The quantitative estimate of drug-likeness (QED) is 0.548. The van der Waals surface area contributed by atoms with Crippen molar-refractivity contribution >= 4 is 17.5 Å². The van der Waals surface area contributed by atoms with Crippen LogP contribution in [0.5, 0.6) is 5.75 Å².